The molecule has 4 nitrogen and oxygen atoms in total. The van der Waals surface area contributed by atoms with E-state index in [1.165, 1.54) is 22.2 Å². The van der Waals surface area contributed by atoms with Crippen LogP contribution in [-0.4, -0.2) is 28.1 Å². The van der Waals surface area contributed by atoms with Crippen LogP contribution in [0.4, 0.5) is 4.79 Å². The van der Waals surface area contributed by atoms with Crippen molar-refractivity contribution in [1.82, 2.24) is 9.88 Å². The standard InChI is InChI=1S/C17H22N2O2/c1-11-6-5-7-14-15(11)12-10-19(9-8-13(12)18-14)16(20)21-17(2,3)4/h5-7,18H,8-10H2,1-4H3. The molecule has 1 N–H and O–H groups in total. The van der Waals surface area contributed by atoms with E-state index in [0.29, 0.717) is 13.1 Å². The molecule has 1 aliphatic rings. The van der Waals surface area contributed by atoms with Gasteiger partial charge in [0.2, 0.25) is 0 Å². The molecule has 1 aliphatic heterocycles. The average Bonchev–Trinajstić information content (AvgIpc) is 2.75. The van der Waals surface area contributed by atoms with Crippen molar-refractivity contribution in [1.29, 1.82) is 0 Å². The first kappa shape index (κ1) is 14.0. The summed E-state index contributed by atoms with van der Waals surface area (Å²) in [6.07, 6.45) is 0.624. The van der Waals surface area contributed by atoms with Crippen LogP contribution in [0.5, 0.6) is 0 Å². The highest BCUT2D eigenvalue weighted by Crippen LogP contribution is 2.30. The second kappa shape index (κ2) is 4.79. The van der Waals surface area contributed by atoms with Crippen molar-refractivity contribution in [3.8, 4) is 0 Å². The summed E-state index contributed by atoms with van der Waals surface area (Å²) in [6, 6.07) is 6.27. The van der Waals surface area contributed by atoms with Gasteiger partial charge >= 0.3 is 6.09 Å². The van der Waals surface area contributed by atoms with Crippen LogP contribution in [0.1, 0.15) is 37.6 Å². The lowest BCUT2D eigenvalue weighted by Gasteiger charge is -2.30. The molecule has 112 valence electrons. The SMILES string of the molecule is Cc1cccc2[nH]c3c(c12)CN(C(=O)OC(C)(C)C)CC3. The molecule has 1 amide bonds. The third kappa shape index (κ3) is 2.62. The number of nitrogens with one attached hydrogen (secondary N) is 1. The van der Waals surface area contributed by atoms with Crippen LogP contribution in [0.2, 0.25) is 0 Å². The quantitative estimate of drug-likeness (QED) is 0.801. The van der Waals surface area contributed by atoms with Crippen molar-refractivity contribution in [2.24, 2.45) is 0 Å². The van der Waals surface area contributed by atoms with E-state index in [2.05, 4.69) is 30.1 Å². The Morgan fingerprint density at radius 2 is 2.10 bits per heavy atom. The molecule has 0 aliphatic carbocycles. The van der Waals surface area contributed by atoms with Crippen molar-refractivity contribution in [3.63, 3.8) is 0 Å². The zero-order chi connectivity index (χ0) is 15.2. The predicted octanol–water partition coefficient (Wildman–Crippen LogP) is 3.77. The van der Waals surface area contributed by atoms with E-state index < -0.39 is 5.60 Å². The summed E-state index contributed by atoms with van der Waals surface area (Å²) in [7, 11) is 0. The minimum atomic E-state index is -0.451. The lowest BCUT2D eigenvalue weighted by Crippen LogP contribution is -2.39. The van der Waals surface area contributed by atoms with Crippen LogP contribution < -0.4 is 0 Å². The number of benzene rings is 1. The fourth-order valence-corrected chi connectivity index (χ4v) is 2.95. The average molecular weight is 286 g/mol. The number of rotatable bonds is 0. The Hall–Kier alpha value is -1.97. The maximum absolute atomic E-state index is 12.3. The monoisotopic (exact) mass is 286 g/mol. The topological polar surface area (TPSA) is 45.3 Å². The number of hydrogen-bond acceptors (Lipinski definition) is 2. The van der Waals surface area contributed by atoms with Gasteiger partial charge in [0, 0.05) is 35.1 Å². The number of nitrogens with zero attached hydrogens (tertiary/aromatic N) is 1. The maximum atomic E-state index is 12.3. The third-order valence-electron chi connectivity index (χ3n) is 3.86. The van der Waals surface area contributed by atoms with Gasteiger partial charge in [-0.05, 0) is 39.3 Å². The molecule has 1 aromatic carbocycles. The van der Waals surface area contributed by atoms with Crippen LogP contribution in [-0.2, 0) is 17.7 Å². The molecule has 2 aromatic rings. The van der Waals surface area contributed by atoms with E-state index in [1.807, 2.05) is 20.8 Å². The zero-order valence-corrected chi connectivity index (χ0v) is 13.1. The Balaban J connectivity index is 1.91. The first-order chi connectivity index (χ1) is 9.85. The van der Waals surface area contributed by atoms with Gasteiger partial charge < -0.3 is 14.6 Å². The van der Waals surface area contributed by atoms with E-state index >= 15 is 0 Å². The number of fused-ring (bicyclic) bond motifs is 3. The smallest absolute Gasteiger partial charge is 0.410 e. The number of hydrogen-bond donors (Lipinski definition) is 1. The number of ether oxygens (including phenoxy) is 1. The second-order valence-electron chi connectivity index (χ2n) is 6.73. The highest BCUT2D eigenvalue weighted by molar-refractivity contribution is 5.88. The summed E-state index contributed by atoms with van der Waals surface area (Å²) >= 11 is 0. The molecule has 4 heteroatoms. The van der Waals surface area contributed by atoms with Crippen molar-refractivity contribution in [2.75, 3.05) is 6.54 Å². The molecule has 2 heterocycles. The fraction of sp³-hybridized carbons (Fsp3) is 0.471. The molecular weight excluding hydrogens is 264 g/mol. The van der Waals surface area contributed by atoms with Crippen molar-refractivity contribution >= 4 is 17.0 Å². The summed E-state index contributed by atoms with van der Waals surface area (Å²) in [4.78, 5) is 17.5. The third-order valence-corrected chi connectivity index (χ3v) is 3.86. The summed E-state index contributed by atoms with van der Waals surface area (Å²) in [5.74, 6) is 0. The highest BCUT2D eigenvalue weighted by Gasteiger charge is 2.27. The molecule has 0 bridgehead atoms. The van der Waals surface area contributed by atoms with Crippen molar-refractivity contribution in [2.45, 2.75) is 46.3 Å². The summed E-state index contributed by atoms with van der Waals surface area (Å²) < 4.78 is 5.49. The largest absolute Gasteiger partial charge is 0.444 e. The van der Waals surface area contributed by atoms with Crippen LogP contribution in [0.15, 0.2) is 18.2 Å². The molecule has 0 atom stereocenters. The van der Waals surface area contributed by atoms with Crippen LogP contribution in [0, 0.1) is 6.92 Å². The van der Waals surface area contributed by atoms with Crippen LogP contribution in [0.3, 0.4) is 0 Å². The predicted molar refractivity (Wildman–Crippen MR) is 83.4 cm³/mol. The van der Waals surface area contributed by atoms with E-state index in [4.69, 9.17) is 4.74 Å². The van der Waals surface area contributed by atoms with Gasteiger partial charge in [-0.25, -0.2) is 4.79 Å². The first-order valence-corrected chi connectivity index (χ1v) is 7.42. The van der Waals surface area contributed by atoms with Gasteiger partial charge in [0.15, 0.2) is 0 Å². The molecule has 0 saturated carbocycles. The number of aromatic amines is 1. The molecular formula is C17H22N2O2. The normalized spacial score (nSPS) is 15.1. The molecule has 3 rings (SSSR count). The maximum Gasteiger partial charge on any atom is 0.410 e. The Morgan fingerprint density at radius 1 is 1.33 bits per heavy atom. The van der Waals surface area contributed by atoms with Gasteiger partial charge in [-0.1, -0.05) is 12.1 Å². The van der Waals surface area contributed by atoms with Gasteiger partial charge in [0.05, 0.1) is 6.54 Å². The summed E-state index contributed by atoms with van der Waals surface area (Å²) in [5, 5.41) is 1.25. The molecule has 1 aromatic heterocycles. The molecule has 0 radical (unpaired) electrons. The Morgan fingerprint density at radius 3 is 2.81 bits per heavy atom. The first-order valence-electron chi connectivity index (χ1n) is 7.42. The lowest BCUT2D eigenvalue weighted by molar-refractivity contribution is 0.0224. The zero-order valence-electron chi connectivity index (χ0n) is 13.1. The fourth-order valence-electron chi connectivity index (χ4n) is 2.95. The highest BCUT2D eigenvalue weighted by atomic mass is 16.6. The van der Waals surface area contributed by atoms with Crippen LogP contribution >= 0.6 is 0 Å². The van der Waals surface area contributed by atoms with Crippen molar-refractivity contribution in [3.05, 3.63) is 35.0 Å². The number of carbonyl (C=O) groups is 1. The molecule has 21 heavy (non-hydrogen) atoms. The number of amides is 1. The van der Waals surface area contributed by atoms with E-state index in [0.717, 1.165) is 11.9 Å². The molecule has 0 unspecified atom stereocenters. The molecule has 0 fully saturated rings. The van der Waals surface area contributed by atoms with Gasteiger partial charge in [0.1, 0.15) is 5.60 Å². The number of aromatic nitrogens is 1. The number of aryl methyl sites for hydroxylation is 1. The van der Waals surface area contributed by atoms with Gasteiger partial charge in [-0.3, -0.25) is 0 Å². The van der Waals surface area contributed by atoms with E-state index in [9.17, 15) is 4.79 Å². The van der Waals surface area contributed by atoms with Gasteiger partial charge in [-0.2, -0.15) is 0 Å². The molecule has 0 spiro atoms. The van der Waals surface area contributed by atoms with E-state index in [1.54, 1.807) is 4.90 Å². The Bertz CT molecular complexity index is 695. The van der Waals surface area contributed by atoms with Gasteiger partial charge in [0.25, 0.3) is 0 Å². The lowest BCUT2D eigenvalue weighted by atomic mass is 10.0. The van der Waals surface area contributed by atoms with Crippen molar-refractivity contribution < 1.29 is 9.53 Å². The Labute approximate surface area is 125 Å². The van der Waals surface area contributed by atoms with E-state index in [-0.39, 0.29) is 6.09 Å². The van der Waals surface area contributed by atoms with Crippen LogP contribution in [0.25, 0.3) is 10.9 Å². The number of H-pyrrole nitrogens is 1. The Kier molecular flexibility index (Phi) is 3.19. The minimum Gasteiger partial charge on any atom is -0.444 e. The van der Waals surface area contributed by atoms with Gasteiger partial charge in [-0.15, -0.1) is 0 Å². The minimum absolute atomic E-state index is 0.226. The second-order valence-corrected chi connectivity index (χ2v) is 6.73. The number of carbonyl (C=O) groups excluding carboxylic acids is 1. The summed E-state index contributed by atoms with van der Waals surface area (Å²) in [6.45, 7) is 9.13. The molecule has 0 saturated heterocycles. The summed E-state index contributed by atoms with van der Waals surface area (Å²) in [5.41, 5.74) is 4.44.